The first-order chi connectivity index (χ1) is 6.18. The summed E-state index contributed by atoms with van der Waals surface area (Å²) in [5.74, 6) is 0. The van der Waals surface area contributed by atoms with Gasteiger partial charge in [-0.05, 0) is 18.6 Å². The summed E-state index contributed by atoms with van der Waals surface area (Å²) in [7, 11) is 0. The molecule has 0 aliphatic heterocycles. The van der Waals surface area contributed by atoms with E-state index in [1.54, 1.807) is 12.3 Å². The van der Waals surface area contributed by atoms with Crippen molar-refractivity contribution < 1.29 is 0 Å². The number of halogens is 1. The average molecular weight is 195 g/mol. The summed E-state index contributed by atoms with van der Waals surface area (Å²) in [6.45, 7) is 1.87. The van der Waals surface area contributed by atoms with E-state index in [2.05, 4.69) is 9.97 Å². The minimum Gasteiger partial charge on any atom is -0.307 e. The van der Waals surface area contributed by atoms with Crippen molar-refractivity contribution in [3.05, 3.63) is 39.3 Å². The van der Waals surface area contributed by atoms with Crippen molar-refractivity contribution >= 4 is 22.6 Å². The van der Waals surface area contributed by atoms with Crippen molar-refractivity contribution in [3.8, 4) is 0 Å². The molecule has 0 aromatic carbocycles. The molecule has 0 aliphatic carbocycles. The summed E-state index contributed by atoms with van der Waals surface area (Å²) in [4.78, 5) is 17.6. The van der Waals surface area contributed by atoms with Gasteiger partial charge in [0.25, 0.3) is 0 Å². The average Bonchev–Trinajstić information content (AvgIpc) is 2.12. The second-order valence-corrected chi connectivity index (χ2v) is 3.22. The molecule has 0 atom stereocenters. The maximum absolute atomic E-state index is 10.9. The predicted octanol–water partition coefficient (Wildman–Crippen LogP) is 1.88. The van der Waals surface area contributed by atoms with Gasteiger partial charge in [-0.3, -0.25) is 4.79 Å². The Morgan fingerprint density at radius 1 is 1.46 bits per heavy atom. The Labute approximate surface area is 79.4 Å². The van der Waals surface area contributed by atoms with Crippen LogP contribution in [0.25, 0.3) is 11.0 Å². The molecule has 0 saturated carbocycles. The van der Waals surface area contributed by atoms with Crippen molar-refractivity contribution in [2.24, 2.45) is 0 Å². The van der Waals surface area contributed by atoms with Crippen LogP contribution in [0.4, 0.5) is 0 Å². The van der Waals surface area contributed by atoms with Crippen LogP contribution in [0.5, 0.6) is 0 Å². The fraction of sp³-hybridized carbons (Fsp3) is 0.111. The zero-order chi connectivity index (χ0) is 9.42. The van der Waals surface area contributed by atoms with E-state index in [1.807, 2.05) is 6.92 Å². The molecule has 0 amide bonds. The summed E-state index contributed by atoms with van der Waals surface area (Å²) < 4.78 is 0. The highest BCUT2D eigenvalue weighted by molar-refractivity contribution is 6.35. The number of hydrogen-bond acceptors (Lipinski definition) is 2. The molecule has 0 aliphatic rings. The van der Waals surface area contributed by atoms with E-state index in [1.165, 1.54) is 6.07 Å². The minimum atomic E-state index is -0.167. The lowest BCUT2D eigenvalue weighted by molar-refractivity contribution is 1.21. The van der Waals surface area contributed by atoms with Gasteiger partial charge in [0.15, 0.2) is 0 Å². The highest BCUT2D eigenvalue weighted by Gasteiger charge is 2.02. The van der Waals surface area contributed by atoms with E-state index >= 15 is 0 Å². The number of rotatable bonds is 0. The van der Waals surface area contributed by atoms with Crippen molar-refractivity contribution in [1.82, 2.24) is 9.97 Å². The van der Waals surface area contributed by atoms with Crippen molar-refractivity contribution in [2.45, 2.75) is 6.92 Å². The number of pyridine rings is 2. The Bertz CT molecular complexity index is 518. The SMILES string of the molecule is Cc1cnc2[nH]c(=O)ccc2c1Cl. The van der Waals surface area contributed by atoms with Gasteiger partial charge < -0.3 is 4.98 Å². The van der Waals surface area contributed by atoms with E-state index < -0.39 is 0 Å². The van der Waals surface area contributed by atoms with Crippen molar-refractivity contribution in [1.29, 1.82) is 0 Å². The Morgan fingerprint density at radius 3 is 3.00 bits per heavy atom. The summed E-state index contributed by atoms with van der Waals surface area (Å²) in [5, 5.41) is 1.42. The Balaban J connectivity index is 2.95. The lowest BCUT2D eigenvalue weighted by Gasteiger charge is -2.00. The number of fused-ring (bicyclic) bond motifs is 1. The molecule has 0 saturated heterocycles. The van der Waals surface area contributed by atoms with Gasteiger partial charge in [-0.15, -0.1) is 0 Å². The van der Waals surface area contributed by atoms with E-state index in [-0.39, 0.29) is 5.56 Å². The molecule has 3 nitrogen and oxygen atoms in total. The van der Waals surface area contributed by atoms with Gasteiger partial charge in [-0.2, -0.15) is 0 Å². The van der Waals surface area contributed by atoms with Gasteiger partial charge in [0.05, 0.1) is 5.02 Å². The summed E-state index contributed by atoms with van der Waals surface area (Å²) >= 11 is 6.02. The Hall–Kier alpha value is -1.35. The number of aromatic amines is 1. The number of hydrogen-bond donors (Lipinski definition) is 1. The third-order valence-electron chi connectivity index (χ3n) is 1.87. The van der Waals surface area contributed by atoms with Crippen LogP contribution in [-0.2, 0) is 0 Å². The molecular weight excluding hydrogens is 188 g/mol. The normalized spacial score (nSPS) is 10.6. The van der Waals surface area contributed by atoms with Gasteiger partial charge in [-0.1, -0.05) is 11.6 Å². The maximum atomic E-state index is 10.9. The van der Waals surface area contributed by atoms with Crippen molar-refractivity contribution in [2.75, 3.05) is 0 Å². The van der Waals surface area contributed by atoms with Crippen LogP contribution in [-0.4, -0.2) is 9.97 Å². The topological polar surface area (TPSA) is 45.8 Å². The summed E-state index contributed by atoms with van der Waals surface area (Å²) in [6, 6.07) is 3.12. The molecule has 0 unspecified atom stereocenters. The van der Waals surface area contributed by atoms with E-state index in [9.17, 15) is 4.79 Å². The van der Waals surface area contributed by atoms with Gasteiger partial charge in [-0.25, -0.2) is 4.98 Å². The summed E-state index contributed by atoms with van der Waals surface area (Å²) in [5.41, 5.74) is 1.27. The standard InChI is InChI=1S/C9H7ClN2O/c1-5-4-11-9-6(8(5)10)2-3-7(13)12-9/h2-4H,1H3,(H,11,12,13). The van der Waals surface area contributed by atoms with Crippen LogP contribution in [0.1, 0.15) is 5.56 Å². The maximum Gasteiger partial charge on any atom is 0.249 e. The number of aryl methyl sites for hydroxylation is 1. The first-order valence-electron chi connectivity index (χ1n) is 3.82. The van der Waals surface area contributed by atoms with Gasteiger partial charge >= 0.3 is 0 Å². The zero-order valence-electron chi connectivity index (χ0n) is 6.97. The quantitative estimate of drug-likeness (QED) is 0.696. The van der Waals surface area contributed by atoms with Gasteiger partial charge in [0.2, 0.25) is 5.56 Å². The highest BCUT2D eigenvalue weighted by atomic mass is 35.5. The fourth-order valence-corrected chi connectivity index (χ4v) is 1.37. The van der Waals surface area contributed by atoms with Crippen LogP contribution in [0, 0.1) is 6.92 Å². The van der Waals surface area contributed by atoms with Crippen LogP contribution in [0.15, 0.2) is 23.1 Å². The van der Waals surface area contributed by atoms with Crippen LogP contribution in [0.2, 0.25) is 5.02 Å². The largest absolute Gasteiger partial charge is 0.307 e. The molecule has 66 valence electrons. The monoisotopic (exact) mass is 194 g/mol. The smallest absolute Gasteiger partial charge is 0.249 e. The van der Waals surface area contributed by atoms with E-state index in [0.29, 0.717) is 10.7 Å². The van der Waals surface area contributed by atoms with Crippen molar-refractivity contribution in [3.63, 3.8) is 0 Å². The van der Waals surface area contributed by atoms with Crippen LogP contribution in [0.3, 0.4) is 0 Å². The third-order valence-corrected chi connectivity index (χ3v) is 2.37. The lowest BCUT2D eigenvalue weighted by Crippen LogP contribution is -2.03. The Morgan fingerprint density at radius 2 is 2.23 bits per heavy atom. The molecule has 0 fully saturated rings. The fourth-order valence-electron chi connectivity index (χ4n) is 1.17. The van der Waals surface area contributed by atoms with Gasteiger partial charge in [0.1, 0.15) is 5.65 Å². The molecule has 4 heteroatoms. The molecular formula is C9H7ClN2O. The van der Waals surface area contributed by atoms with E-state index in [0.717, 1.165) is 10.9 Å². The number of nitrogens with one attached hydrogen (secondary N) is 1. The highest BCUT2D eigenvalue weighted by Crippen LogP contribution is 2.22. The predicted molar refractivity (Wildman–Crippen MR) is 52.1 cm³/mol. The first kappa shape index (κ1) is 8.26. The second kappa shape index (κ2) is 2.85. The molecule has 2 aromatic rings. The Kier molecular flexibility index (Phi) is 1.81. The molecule has 2 aromatic heterocycles. The minimum absolute atomic E-state index is 0.167. The number of H-pyrrole nitrogens is 1. The number of aromatic nitrogens is 2. The molecule has 2 rings (SSSR count). The lowest BCUT2D eigenvalue weighted by atomic mass is 10.2. The van der Waals surface area contributed by atoms with E-state index in [4.69, 9.17) is 11.6 Å². The molecule has 0 radical (unpaired) electrons. The molecule has 0 spiro atoms. The van der Waals surface area contributed by atoms with Gasteiger partial charge in [0, 0.05) is 17.6 Å². The van der Waals surface area contributed by atoms with Crippen LogP contribution >= 0.6 is 11.6 Å². The zero-order valence-corrected chi connectivity index (χ0v) is 7.72. The molecule has 0 bridgehead atoms. The first-order valence-corrected chi connectivity index (χ1v) is 4.20. The van der Waals surface area contributed by atoms with Crippen LogP contribution < -0.4 is 5.56 Å². The number of nitrogens with zero attached hydrogens (tertiary/aromatic N) is 1. The molecule has 2 heterocycles. The molecule has 13 heavy (non-hydrogen) atoms. The third kappa shape index (κ3) is 1.31. The second-order valence-electron chi connectivity index (χ2n) is 2.84. The summed E-state index contributed by atoms with van der Waals surface area (Å²) in [6.07, 6.45) is 1.64. The molecule has 1 N–H and O–H groups in total.